The second-order valence-electron chi connectivity index (χ2n) is 6.40. The molecule has 0 atom stereocenters. The highest BCUT2D eigenvalue weighted by atomic mass is 35.5. The molecule has 1 aliphatic rings. The van der Waals surface area contributed by atoms with E-state index in [0.717, 1.165) is 31.2 Å². The number of hydrogen-bond acceptors (Lipinski definition) is 6. The van der Waals surface area contributed by atoms with E-state index < -0.39 is 0 Å². The number of anilines is 1. The van der Waals surface area contributed by atoms with Crippen molar-refractivity contribution in [2.45, 2.75) is 37.3 Å². The number of aryl methyl sites for hydroxylation is 1. The van der Waals surface area contributed by atoms with E-state index in [4.69, 9.17) is 23.2 Å². The zero-order valence-electron chi connectivity index (χ0n) is 14.7. The monoisotopic (exact) mass is 451 g/mol. The van der Waals surface area contributed by atoms with Gasteiger partial charge in [0, 0.05) is 11.1 Å². The maximum Gasteiger partial charge on any atom is 0.235 e. The van der Waals surface area contributed by atoms with Crippen LogP contribution in [0.1, 0.15) is 35.3 Å². The van der Waals surface area contributed by atoms with E-state index in [2.05, 4.69) is 21.6 Å². The van der Waals surface area contributed by atoms with Crippen LogP contribution in [0.4, 0.5) is 5.00 Å². The molecule has 28 heavy (non-hydrogen) atoms. The average molecular weight is 452 g/mol. The molecule has 0 fully saturated rings. The molecular weight excluding hydrogens is 437 g/mol. The van der Waals surface area contributed by atoms with E-state index >= 15 is 0 Å². The highest BCUT2D eigenvalue weighted by Crippen LogP contribution is 2.37. The molecule has 0 aromatic carbocycles. The molecule has 1 amide bonds. The molecule has 0 unspecified atom stereocenters. The number of thiophene rings is 1. The van der Waals surface area contributed by atoms with Crippen molar-refractivity contribution in [3.05, 3.63) is 38.3 Å². The molecule has 3 aromatic rings. The SMILES string of the molecule is N#Cc1c(NC(=O)CSc2nnc3c(Cl)cc(Cl)cn23)sc2c1CCCCC2. The van der Waals surface area contributed by atoms with Crippen molar-refractivity contribution >= 4 is 62.9 Å². The van der Waals surface area contributed by atoms with Gasteiger partial charge in [-0.2, -0.15) is 5.26 Å². The number of nitrogens with zero attached hydrogens (tertiary/aromatic N) is 4. The van der Waals surface area contributed by atoms with Crippen molar-refractivity contribution in [3.63, 3.8) is 0 Å². The largest absolute Gasteiger partial charge is 0.316 e. The first-order chi connectivity index (χ1) is 13.6. The Morgan fingerprint density at radius 2 is 2.14 bits per heavy atom. The normalized spacial score (nSPS) is 13.8. The minimum absolute atomic E-state index is 0.137. The van der Waals surface area contributed by atoms with Crippen LogP contribution in [0.2, 0.25) is 10.0 Å². The van der Waals surface area contributed by atoms with Gasteiger partial charge < -0.3 is 5.32 Å². The Kier molecular flexibility index (Phi) is 5.78. The van der Waals surface area contributed by atoms with Gasteiger partial charge in [0.05, 0.1) is 21.4 Å². The predicted molar refractivity (Wildman–Crippen MR) is 113 cm³/mol. The van der Waals surface area contributed by atoms with E-state index in [1.165, 1.54) is 34.4 Å². The van der Waals surface area contributed by atoms with Crippen molar-refractivity contribution in [1.82, 2.24) is 14.6 Å². The van der Waals surface area contributed by atoms with E-state index in [0.29, 0.717) is 31.4 Å². The minimum Gasteiger partial charge on any atom is -0.316 e. The van der Waals surface area contributed by atoms with Crippen LogP contribution in [0.5, 0.6) is 0 Å². The first-order valence-electron chi connectivity index (χ1n) is 8.74. The summed E-state index contributed by atoms with van der Waals surface area (Å²) in [5, 5.41) is 22.6. The molecule has 3 heterocycles. The van der Waals surface area contributed by atoms with Gasteiger partial charge in [0.25, 0.3) is 0 Å². The molecular formula is C18H15Cl2N5OS2. The van der Waals surface area contributed by atoms with Crippen molar-refractivity contribution in [2.24, 2.45) is 0 Å². The number of halogens is 2. The number of hydrogen-bond donors (Lipinski definition) is 1. The zero-order chi connectivity index (χ0) is 19.7. The van der Waals surface area contributed by atoms with E-state index in [-0.39, 0.29) is 11.7 Å². The third kappa shape index (κ3) is 3.85. The summed E-state index contributed by atoms with van der Waals surface area (Å²) in [7, 11) is 0. The second-order valence-corrected chi connectivity index (χ2v) is 9.29. The van der Waals surface area contributed by atoms with Crippen LogP contribution in [-0.4, -0.2) is 26.3 Å². The summed E-state index contributed by atoms with van der Waals surface area (Å²) in [6.45, 7) is 0. The number of rotatable bonds is 4. The van der Waals surface area contributed by atoms with Gasteiger partial charge in [-0.25, -0.2) is 0 Å². The molecule has 1 aliphatic carbocycles. The summed E-state index contributed by atoms with van der Waals surface area (Å²) in [5.41, 5.74) is 2.22. The Hall–Kier alpha value is -1.79. The maximum atomic E-state index is 12.5. The molecule has 4 rings (SSSR count). The first kappa shape index (κ1) is 19.5. The van der Waals surface area contributed by atoms with Crippen LogP contribution >= 0.6 is 46.3 Å². The van der Waals surface area contributed by atoms with Crippen molar-refractivity contribution < 1.29 is 4.79 Å². The summed E-state index contributed by atoms with van der Waals surface area (Å²) in [6, 6.07) is 3.87. The lowest BCUT2D eigenvalue weighted by atomic mass is 10.1. The Balaban J connectivity index is 1.48. The lowest BCUT2D eigenvalue weighted by Gasteiger charge is -2.04. The third-order valence-corrected chi connectivity index (χ3v) is 7.15. The molecule has 144 valence electrons. The number of fused-ring (bicyclic) bond motifs is 2. The van der Waals surface area contributed by atoms with Crippen molar-refractivity contribution in [2.75, 3.05) is 11.1 Å². The Morgan fingerprint density at radius 1 is 1.32 bits per heavy atom. The lowest BCUT2D eigenvalue weighted by molar-refractivity contribution is -0.113. The molecule has 0 saturated carbocycles. The van der Waals surface area contributed by atoms with Gasteiger partial charge in [0.1, 0.15) is 11.1 Å². The number of carbonyl (C=O) groups excluding carboxylic acids is 1. The molecule has 3 aromatic heterocycles. The van der Waals surface area contributed by atoms with Gasteiger partial charge in [0.15, 0.2) is 10.8 Å². The summed E-state index contributed by atoms with van der Waals surface area (Å²) < 4.78 is 1.66. The zero-order valence-corrected chi connectivity index (χ0v) is 17.8. The number of thioether (sulfide) groups is 1. The summed E-state index contributed by atoms with van der Waals surface area (Å²) in [6.07, 6.45) is 6.95. The number of aromatic nitrogens is 3. The van der Waals surface area contributed by atoms with E-state index in [9.17, 15) is 10.1 Å². The Morgan fingerprint density at radius 3 is 2.96 bits per heavy atom. The molecule has 0 bridgehead atoms. The number of carbonyl (C=O) groups is 1. The smallest absolute Gasteiger partial charge is 0.235 e. The standard InChI is InChI=1S/C18H15Cl2N5OS2/c19-10-6-13(20)16-23-24-18(25(16)8-10)27-9-15(26)22-17-12(7-21)11-4-2-1-3-5-14(11)28-17/h6,8H,1-5,9H2,(H,22,26). The summed E-state index contributed by atoms with van der Waals surface area (Å²) in [5.74, 6) is -0.0546. The maximum absolute atomic E-state index is 12.5. The van der Waals surface area contributed by atoms with Gasteiger partial charge in [0.2, 0.25) is 5.91 Å². The number of nitrogens with one attached hydrogen (secondary N) is 1. The lowest BCUT2D eigenvalue weighted by Crippen LogP contribution is -2.14. The topological polar surface area (TPSA) is 83.1 Å². The van der Waals surface area contributed by atoms with Crippen LogP contribution < -0.4 is 5.32 Å². The van der Waals surface area contributed by atoms with E-state index in [1.807, 2.05) is 0 Å². The fourth-order valence-electron chi connectivity index (χ4n) is 3.24. The summed E-state index contributed by atoms with van der Waals surface area (Å²) >= 11 is 14.9. The van der Waals surface area contributed by atoms with E-state index in [1.54, 1.807) is 16.7 Å². The highest BCUT2D eigenvalue weighted by molar-refractivity contribution is 7.99. The number of pyridine rings is 1. The van der Waals surface area contributed by atoms with Gasteiger partial charge in [-0.05, 0) is 37.3 Å². The Bertz CT molecular complexity index is 1100. The molecule has 10 heteroatoms. The molecule has 1 N–H and O–H groups in total. The van der Waals surface area contributed by atoms with Crippen LogP contribution in [0.15, 0.2) is 17.4 Å². The quantitative estimate of drug-likeness (QED) is 0.447. The number of amides is 1. The van der Waals surface area contributed by atoms with Gasteiger partial charge >= 0.3 is 0 Å². The summed E-state index contributed by atoms with van der Waals surface area (Å²) in [4.78, 5) is 13.7. The van der Waals surface area contributed by atoms with Crippen molar-refractivity contribution in [3.8, 4) is 6.07 Å². The van der Waals surface area contributed by atoms with Crippen LogP contribution in [0, 0.1) is 11.3 Å². The Labute approximate surface area is 179 Å². The van der Waals surface area contributed by atoms with Crippen LogP contribution in [0.25, 0.3) is 5.65 Å². The first-order valence-corrected chi connectivity index (χ1v) is 11.3. The average Bonchev–Trinajstić information content (AvgIpc) is 3.12. The molecule has 0 spiro atoms. The molecule has 0 saturated heterocycles. The second kappa shape index (κ2) is 8.29. The fourth-order valence-corrected chi connectivity index (χ4v) is 5.72. The van der Waals surface area contributed by atoms with Gasteiger partial charge in [-0.15, -0.1) is 21.5 Å². The molecule has 0 aliphatic heterocycles. The third-order valence-electron chi connectivity index (χ3n) is 4.51. The van der Waals surface area contributed by atoms with Gasteiger partial charge in [-0.1, -0.05) is 41.4 Å². The van der Waals surface area contributed by atoms with Crippen LogP contribution in [0.3, 0.4) is 0 Å². The van der Waals surface area contributed by atoms with Gasteiger partial charge in [-0.3, -0.25) is 9.20 Å². The van der Waals surface area contributed by atoms with Crippen LogP contribution in [-0.2, 0) is 17.6 Å². The van der Waals surface area contributed by atoms with Crippen molar-refractivity contribution in [1.29, 1.82) is 5.26 Å². The number of nitriles is 1. The minimum atomic E-state index is -0.192. The highest BCUT2D eigenvalue weighted by Gasteiger charge is 2.21. The predicted octanol–water partition coefficient (Wildman–Crippen LogP) is 4.97. The molecule has 6 nitrogen and oxygen atoms in total. The fraction of sp³-hybridized carbons (Fsp3) is 0.333. The molecule has 0 radical (unpaired) electrons.